The van der Waals surface area contributed by atoms with E-state index in [9.17, 15) is 19.2 Å². The van der Waals surface area contributed by atoms with Crippen LogP contribution in [0.4, 0.5) is 9.93 Å². The van der Waals surface area contributed by atoms with Crippen molar-refractivity contribution in [3.8, 4) is 0 Å². The Hall–Kier alpha value is -3.98. The predicted molar refractivity (Wildman–Crippen MR) is 134 cm³/mol. The van der Waals surface area contributed by atoms with Gasteiger partial charge in [0, 0.05) is 17.5 Å². The van der Waals surface area contributed by atoms with E-state index in [-0.39, 0.29) is 17.4 Å². The van der Waals surface area contributed by atoms with Crippen LogP contribution in [0.15, 0.2) is 35.2 Å². The molecular weight excluding hydrogens is 522 g/mol. The van der Waals surface area contributed by atoms with E-state index in [1.54, 1.807) is 41.5 Å². The SMILES string of the molecule is CC(C)(C)OC(=O)Nc1nc(/C(=N/OC2(C(=O)OC(C)(C)C)C=COC=C2)C(=O)N[C@H]2CONC2=O)cs1. The molecule has 1 saturated heterocycles. The largest absolute Gasteiger partial charge is 0.473 e. The van der Waals surface area contributed by atoms with Gasteiger partial charge >= 0.3 is 12.1 Å². The Bertz CT molecular complexity index is 1160. The third-order valence-corrected chi connectivity index (χ3v) is 5.17. The molecule has 15 heteroatoms. The fraction of sp³-hybridized carbons (Fsp3) is 0.478. The second-order valence-corrected chi connectivity index (χ2v) is 10.9. The number of carbonyl (C=O) groups is 4. The van der Waals surface area contributed by atoms with Crippen LogP contribution in [0, 0.1) is 0 Å². The van der Waals surface area contributed by atoms with E-state index >= 15 is 0 Å². The summed E-state index contributed by atoms with van der Waals surface area (Å²) in [6, 6.07) is -1.01. The van der Waals surface area contributed by atoms with Crippen molar-refractivity contribution < 1.29 is 43.1 Å². The van der Waals surface area contributed by atoms with Gasteiger partial charge in [0.1, 0.15) is 29.5 Å². The quantitative estimate of drug-likeness (QED) is 0.258. The lowest BCUT2D eigenvalue weighted by atomic mass is 10.0. The maximum atomic E-state index is 13.2. The number of rotatable bonds is 7. The van der Waals surface area contributed by atoms with E-state index in [0.29, 0.717) is 0 Å². The summed E-state index contributed by atoms with van der Waals surface area (Å²) >= 11 is 0.985. The van der Waals surface area contributed by atoms with Crippen molar-refractivity contribution >= 4 is 46.1 Å². The zero-order valence-corrected chi connectivity index (χ0v) is 22.5. The van der Waals surface area contributed by atoms with Gasteiger partial charge in [-0.1, -0.05) is 5.16 Å². The molecule has 2 aliphatic rings. The monoisotopic (exact) mass is 551 g/mol. The molecule has 0 aromatic carbocycles. The van der Waals surface area contributed by atoms with Crippen molar-refractivity contribution in [3.05, 3.63) is 35.8 Å². The van der Waals surface area contributed by atoms with Gasteiger partial charge in [-0.05, 0) is 41.5 Å². The van der Waals surface area contributed by atoms with Crippen LogP contribution < -0.4 is 16.1 Å². The molecule has 206 valence electrons. The lowest BCUT2D eigenvalue weighted by Crippen LogP contribution is -2.46. The van der Waals surface area contributed by atoms with Crippen LogP contribution in [0.3, 0.4) is 0 Å². The maximum Gasteiger partial charge on any atom is 0.413 e. The molecule has 0 bridgehead atoms. The average molecular weight is 552 g/mol. The molecule has 3 N–H and O–H groups in total. The lowest BCUT2D eigenvalue weighted by molar-refractivity contribution is -0.173. The van der Waals surface area contributed by atoms with Crippen LogP contribution in [-0.4, -0.2) is 64.0 Å². The number of hydrogen-bond donors (Lipinski definition) is 3. The Kier molecular flexibility index (Phi) is 8.41. The van der Waals surface area contributed by atoms with E-state index < -0.39 is 52.4 Å². The number of hydroxylamine groups is 1. The highest BCUT2D eigenvalue weighted by atomic mass is 32.1. The van der Waals surface area contributed by atoms with Gasteiger partial charge in [-0.15, -0.1) is 11.3 Å². The van der Waals surface area contributed by atoms with Gasteiger partial charge in [-0.3, -0.25) is 19.7 Å². The number of esters is 1. The number of thiazole rings is 1. The molecule has 0 unspecified atom stereocenters. The molecular formula is C23H29N5O9S. The summed E-state index contributed by atoms with van der Waals surface area (Å²) in [4.78, 5) is 64.8. The van der Waals surface area contributed by atoms with Crippen LogP contribution >= 0.6 is 11.3 Å². The second kappa shape index (κ2) is 11.2. The molecule has 3 amide bonds. The molecule has 3 rings (SSSR count). The van der Waals surface area contributed by atoms with Crippen molar-refractivity contribution in [3.63, 3.8) is 0 Å². The Morgan fingerprint density at radius 3 is 2.37 bits per heavy atom. The van der Waals surface area contributed by atoms with Crippen LogP contribution in [0.5, 0.6) is 0 Å². The summed E-state index contributed by atoms with van der Waals surface area (Å²) < 4.78 is 15.7. The van der Waals surface area contributed by atoms with Crippen molar-refractivity contribution in [2.75, 3.05) is 11.9 Å². The highest BCUT2D eigenvalue weighted by molar-refractivity contribution is 7.14. The predicted octanol–water partition coefficient (Wildman–Crippen LogP) is 1.90. The fourth-order valence-corrected chi connectivity index (χ4v) is 3.49. The van der Waals surface area contributed by atoms with E-state index in [1.165, 1.54) is 30.1 Å². The van der Waals surface area contributed by atoms with Gasteiger partial charge in [-0.25, -0.2) is 20.1 Å². The van der Waals surface area contributed by atoms with Crippen LogP contribution in [0.1, 0.15) is 47.2 Å². The topological polar surface area (TPSA) is 176 Å². The van der Waals surface area contributed by atoms with Crippen molar-refractivity contribution in [1.29, 1.82) is 0 Å². The minimum atomic E-state index is -1.86. The number of hydrogen-bond acceptors (Lipinski definition) is 12. The average Bonchev–Trinajstić information content (AvgIpc) is 3.41. The molecule has 0 spiro atoms. The summed E-state index contributed by atoms with van der Waals surface area (Å²) in [6.45, 7) is 10.0. The second-order valence-electron chi connectivity index (χ2n) is 10.0. The van der Waals surface area contributed by atoms with Gasteiger partial charge in [0.2, 0.25) is 0 Å². The summed E-state index contributed by atoms with van der Waals surface area (Å²) in [5.74, 6) is -2.24. The van der Waals surface area contributed by atoms with Crippen LogP contribution in [-0.2, 0) is 38.3 Å². The zero-order chi connectivity index (χ0) is 28.1. The molecule has 1 atom stereocenters. The number of carbonyl (C=O) groups excluding carboxylic acids is 4. The van der Waals surface area contributed by atoms with Crippen molar-refractivity contribution in [2.45, 2.75) is 64.4 Å². The van der Waals surface area contributed by atoms with Crippen LogP contribution in [0.25, 0.3) is 0 Å². The van der Waals surface area contributed by atoms with E-state index in [2.05, 4.69) is 26.3 Å². The van der Waals surface area contributed by atoms with Gasteiger partial charge < -0.3 is 24.4 Å². The van der Waals surface area contributed by atoms with E-state index in [4.69, 9.17) is 23.9 Å². The molecule has 38 heavy (non-hydrogen) atoms. The Morgan fingerprint density at radius 1 is 1.13 bits per heavy atom. The normalized spacial score (nSPS) is 18.7. The number of anilines is 1. The molecule has 0 saturated carbocycles. The van der Waals surface area contributed by atoms with Gasteiger partial charge in [0.05, 0.1) is 12.5 Å². The van der Waals surface area contributed by atoms with E-state index in [1.807, 2.05) is 0 Å². The third-order valence-electron chi connectivity index (χ3n) is 4.41. The third kappa shape index (κ3) is 7.76. The lowest BCUT2D eigenvalue weighted by Gasteiger charge is -2.29. The number of nitrogens with zero attached hydrogens (tertiary/aromatic N) is 2. The minimum Gasteiger partial charge on any atom is -0.473 e. The van der Waals surface area contributed by atoms with Gasteiger partial charge in [0.25, 0.3) is 17.4 Å². The summed E-state index contributed by atoms with van der Waals surface area (Å²) in [7, 11) is 0. The fourth-order valence-electron chi connectivity index (χ4n) is 2.81. The molecule has 0 radical (unpaired) electrons. The smallest absolute Gasteiger partial charge is 0.413 e. The molecule has 0 aliphatic carbocycles. The number of nitrogens with one attached hydrogen (secondary N) is 3. The molecule has 1 fully saturated rings. The van der Waals surface area contributed by atoms with Crippen LogP contribution in [0.2, 0.25) is 0 Å². The molecule has 3 heterocycles. The Labute approximate surface area is 222 Å². The Morgan fingerprint density at radius 2 is 1.79 bits per heavy atom. The number of aromatic nitrogens is 1. The van der Waals surface area contributed by atoms with Gasteiger partial charge in [-0.2, -0.15) is 0 Å². The zero-order valence-electron chi connectivity index (χ0n) is 21.6. The standard InChI is InChI=1S/C23H29N5O9S/c1-21(2,3)35-18(31)23(7-9-33-10-8-23)37-27-15(17(30)24-13-11-34-28-16(13)29)14-12-38-19(25-14)26-20(32)36-22(4,5)6/h7-10,12-13H,11H2,1-6H3,(H,24,30)(H,28,29)(H,25,26,32)/b27-15-/t13-/m0/s1. The Balaban J connectivity index is 1.91. The van der Waals surface area contributed by atoms with Crippen molar-refractivity contribution in [1.82, 2.24) is 15.8 Å². The highest BCUT2D eigenvalue weighted by Gasteiger charge is 2.43. The van der Waals surface area contributed by atoms with Crippen molar-refractivity contribution in [2.24, 2.45) is 5.16 Å². The first-order valence-electron chi connectivity index (χ1n) is 11.4. The number of amides is 3. The van der Waals surface area contributed by atoms with E-state index in [0.717, 1.165) is 11.3 Å². The first-order valence-corrected chi connectivity index (χ1v) is 12.2. The number of oxime groups is 1. The molecule has 1 aromatic heterocycles. The molecule has 1 aromatic rings. The summed E-state index contributed by atoms with van der Waals surface area (Å²) in [5, 5.41) is 10.4. The maximum absolute atomic E-state index is 13.2. The summed E-state index contributed by atoms with van der Waals surface area (Å²) in [6.07, 6.45) is 4.17. The number of ether oxygens (including phenoxy) is 3. The van der Waals surface area contributed by atoms with Gasteiger partial charge in [0.15, 0.2) is 10.8 Å². The first-order chi connectivity index (χ1) is 17.7. The molecule has 14 nitrogen and oxygen atoms in total. The summed E-state index contributed by atoms with van der Waals surface area (Å²) in [5.41, 5.74) is -1.74. The highest BCUT2D eigenvalue weighted by Crippen LogP contribution is 2.26. The molecule has 2 aliphatic heterocycles. The minimum absolute atomic E-state index is 0.0164. The first kappa shape index (κ1) is 28.6.